The molecule has 0 aliphatic rings. The fourth-order valence-corrected chi connectivity index (χ4v) is 2.01. The highest BCUT2D eigenvalue weighted by molar-refractivity contribution is 6.32. The summed E-state index contributed by atoms with van der Waals surface area (Å²) in [7, 11) is 1.82. The molecule has 7 heteroatoms. The van der Waals surface area contributed by atoms with Crippen LogP contribution in [-0.4, -0.2) is 51.8 Å². The molecule has 22 heavy (non-hydrogen) atoms. The average molecular weight is 326 g/mol. The van der Waals surface area contributed by atoms with E-state index in [0.717, 1.165) is 5.70 Å². The van der Waals surface area contributed by atoms with Gasteiger partial charge in [-0.25, -0.2) is 9.26 Å². The number of aliphatic hydroxyl groups is 1. The number of hydrogen-bond acceptors (Lipinski definition) is 3. The van der Waals surface area contributed by atoms with Gasteiger partial charge in [0.25, 0.3) is 5.91 Å². The average Bonchev–Trinajstić information content (AvgIpc) is 2.81. The van der Waals surface area contributed by atoms with Gasteiger partial charge in [-0.2, -0.15) is 5.10 Å². The van der Waals surface area contributed by atoms with Crippen molar-refractivity contribution in [1.29, 1.82) is 0 Å². The lowest BCUT2D eigenvalue weighted by Crippen LogP contribution is -2.37. The molecule has 1 aromatic heterocycles. The minimum Gasteiger partial charge on any atom is -0.384 e. The van der Waals surface area contributed by atoms with Crippen LogP contribution in [-0.2, 0) is 4.79 Å². The van der Waals surface area contributed by atoms with Crippen molar-refractivity contribution in [3.8, 4) is 0 Å². The maximum Gasteiger partial charge on any atom is 0.255 e. The van der Waals surface area contributed by atoms with Crippen molar-refractivity contribution >= 4 is 35.6 Å². The lowest BCUT2D eigenvalue weighted by Gasteiger charge is -2.20. The number of carbonyl (C=O) groups is 1. The van der Waals surface area contributed by atoms with Crippen LogP contribution in [0.15, 0.2) is 24.5 Å². The molecule has 1 aromatic rings. The van der Waals surface area contributed by atoms with E-state index in [1.54, 1.807) is 21.7 Å². The van der Waals surface area contributed by atoms with Gasteiger partial charge in [-0.1, -0.05) is 11.6 Å². The van der Waals surface area contributed by atoms with Crippen LogP contribution in [0.25, 0.3) is 5.70 Å². The van der Waals surface area contributed by atoms with Crippen LogP contribution >= 0.6 is 11.6 Å². The van der Waals surface area contributed by atoms with Crippen LogP contribution in [0, 0.1) is 0 Å². The smallest absolute Gasteiger partial charge is 0.255 e. The maximum absolute atomic E-state index is 12.0. The summed E-state index contributed by atoms with van der Waals surface area (Å²) in [5.74, 6) is -0.413. The molecule has 0 spiro atoms. The standard InChI is InChI=1S/C15H22ClN4O2/c1-6-19(15(22)12(3)21)13-10-20(17-14(13)16)11(2)8-7-9-18(4)5/h7-10,12,21H,4,6H2,1-3,5H3/q+1. The first kappa shape index (κ1) is 18.1. The molecule has 0 bridgehead atoms. The van der Waals surface area contributed by atoms with E-state index in [2.05, 4.69) is 11.8 Å². The fourth-order valence-electron chi connectivity index (χ4n) is 1.78. The number of allylic oxidation sites excluding steroid dienone is 3. The quantitative estimate of drug-likeness (QED) is 0.494. The first-order chi connectivity index (χ1) is 10.3. The number of anilines is 1. The molecule has 1 unspecified atom stereocenters. The maximum atomic E-state index is 12.0. The van der Waals surface area contributed by atoms with Crippen LogP contribution in [0.2, 0.25) is 5.15 Å². The molecule has 0 radical (unpaired) electrons. The minimum atomic E-state index is -1.09. The van der Waals surface area contributed by atoms with E-state index in [1.807, 2.05) is 33.0 Å². The van der Waals surface area contributed by atoms with Gasteiger partial charge in [0.1, 0.15) is 25.6 Å². The van der Waals surface area contributed by atoms with Crippen LogP contribution in [0.3, 0.4) is 0 Å². The number of carbonyl (C=O) groups excluding carboxylic acids is 1. The van der Waals surface area contributed by atoms with Gasteiger partial charge < -0.3 is 10.0 Å². The van der Waals surface area contributed by atoms with Crippen molar-refractivity contribution in [3.63, 3.8) is 0 Å². The summed E-state index contributed by atoms with van der Waals surface area (Å²) in [6.45, 7) is 9.20. The molecule has 0 aromatic carbocycles. The van der Waals surface area contributed by atoms with Crippen LogP contribution < -0.4 is 4.90 Å². The second-order valence-corrected chi connectivity index (χ2v) is 5.27. The molecule has 1 N–H and O–H groups in total. The Hall–Kier alpha value is -1.92. The summed E-state index contributed by atoms with van der Waals surface area (Å²) >= 11 is 6.12. The highest BCUT2D eigenvalue weighted by Gasteiger charge is 2.23. The van der Waals surface area contributed by atoms with Gasteiger partial charge in [-0.3, -0.25) is 4.79 Å². The third-order valence-electron chi connectivity index (χ3n) is 2.92. The summed E-state index contributed by atoms with van der Waals surface area (Å²) in [6.07, 6.45) is 6.05. The van der Waals surface area contributed by atoms with Crippen molar-refractivity contribution in [2.24, 2.45) is 0 Å². The van der Waals surface area contributed by atoms with Gasteiger partial charge in [0, 0.05) is 18.3 Å². The van der Waals surface area contributed by atoms with E-state index >= 15 is 0 Å². The second kappa shape index (κ2) is 7.91. The van der Waals surface area contributed by atoms with Crippen molar-refractivity contribution in [2.75, 3.05) is 18.5 Å². The Balaban J connectivity index is 3.09. The van der Waals surface area contributed by atoms with Crippen molar-refractivity contribution in [3.05, 3.63) is 29.7 Å². The number of rotatable bonds is 6. The van der Waals surface area contributed by atoms with Crippen LogP contribution in [0.5, 0.6) is 0 Å². The molecule has 1 rings (SSSR count). The number of hydrogen-bond donors (Lipinski definition) is 1. The molecule has 0 saturated carbocycles. The number of nitrogens with zero attached hydrogens (tertiary/aromatic N) is 4. The highest BCUT2D eigenvalue weighted by Crippen LogP contribution is 2.26. The Kier molecular flexibility index (Phi) is 6.52. The predicted octanol–water partition coefficient (Wildman–Crippen LogP) is 1.99. The van der Waals surface area contributed by atoms with Gasteiger partial charge in [-0.15, -0.1) is 0 Å². The lowest BCUT2D eigenvalue weighted by molar-refractivity contribution is -0.412. The van der Waals surface area contributed by atoms with Crippen LogP contribution in [0.1, 0.15) is 20.8 Å². The van der Waals surface area contributed by atoms with Gasteiger partial charge in [0.15, 0.2) is 11.4 Å². The Labute approximate surface area is 135 Å². The Morgan fingerprint density at radius 3 is 2.82 bits per heavy atom. The van der Waals surface area contributed by atoms with E-state index in [9.17, 15) is 9.90 Å². The Bertz CT molecular complexity index is 617. The number of likely N-dealkylation sites (N-methyl/N-ethyl adjacent to an activating group) is 1. The van der Waals surface area contributed by atoms with Crippen LogP contribution in [0.4, 0.5) is 5.69 Å². The van der Waals surface area contributed by atoms with E-state index in [-0.39, 0.29) is 5.15 Å². The number of halogens is 1. The van der Waals surface area contributed by atoms with E-state index in [4.69, 9.17) is 11.6 Å². The molecule has 1 heterocycles. The van der Waals surface area contributed by atoms with Crippen molar-refractivity contribution in [2.45, 2.75) is 26.9 Å². The van der Waals surface area contributed by atoms with Crippen molar-refractivity contribution < 1.29 is 14.5 Å². The van der Waals surface area contributed by atoms with Gasteiger partial charge in [-0.05, 0) is 26.8 Å². The van der Waals surface area contributed by atoms with Gasteiger partial charge >= 0.3 is 0 Å². The molecule has 1 amide bonds. The van der Waals surface area contributed by atoms with E-state index < -0.39 is 12.0 Å². The largest absolute Gasteiger partial charge is 0.384 e. The molecule has 6 nitrogen and oxygen atoms in total. The Morgan fingerprint density at radius 1 is 1.68 bits per heavy atom. The topological polar surface area (TPSA) is 61.4 Å². The molecule has 0 aliphatic carbocycles. The van der Waals surface area contributed by atoms with Gasteiger partial charge in [0.2, 0.25) is 0 Å². The molecular formula is C15H22ClN4O2+. The monoisotopic (exact) mass is 325 g/mol. The zero-order valence-corrected chi connectivity index (χ0v) is 14.1. The third-order valence-corrected chi connectivity index (χ3v) is 3.19. The normalized spacial score (nSPS) is 13.5. The fraction of sp³-hybridized carbons (Fsp3) is 0.400. The van der Waals surface area contributed by atoms with E-state index in [0.29, 0.717) is 12.2 Å². The SMILES string of the molecule is C=[N+](C)C=CC=C(C)n1cc(N(CC)C(=O)C(C)O)c(Cl)n1. The lowest BCUT2D eigenvalue weighted by atomic mass is 10.3. The summed E-state index contributed by atoms with van der Waals surface area (Å²) in [5, 5.41) is 13.9. The molecule has 1 atom stereocenters. The molecular weight excluding hydrogens is 304 g/mol. The number of amides is 1. The summed E-state index contributed by atoms with van der Waals surface area (Å²) in [4.78, 5) is 13.4. The van der Waals surface area contributed by atoms with Gasteiger partial charge in [0.05, 0.1) is 6.20 Å². The summed E-state index contributed by atoms with van der Waals surface area (Å²) < 4.78 is 3.26. The molecule has 0 aliphatic heterocycles. The first-order valence-electron chi connectivity index (χ1n) is 6.91. The highest BCUT2D eigenvalue weighted by atomic mass is 35.5. The summed E-state index contributed by atoms with van der Waals surface area (Å²) in [5.41, 5.74) is 1.30. The number of aromatic nitrogens is 2. The number of aliphatic hydroxyl groups excluding tert-OH is 1. The molecule has 120 valence electrons. The zero-order valence-electron chi connectivity index (χ0n) is 13.3. The van der Waals surface area contributed by atoms with Crippen molar-refractivity contribution in [1.82, 2.24) is 9.78 Å². The minimum absolute atomic E-state index is 0.210. The predicted molar refractivity (Wildman–Crippen MR) is 89.3 cm³/mol. The zero-order chi connectivity index (χ0) is 16.9. The second-order valence-electron chi connectivity index (χ2n) is 4.91. The third kappa shape index (κ3) is 4.54. The van der Waals surface area contributed by atoms with E-state index in [1.165, 1.54) is 11.8 Å². The molecule has 0 saturated heterocycles. The Morgan fingerprint density at radius 2 is 2.32 bits per heavy atom. The molecule has 0 fully saturated rings. The first-order valence-corrected chi connectivity index (χ1v) is 7.29. The summed E-state index contributed by atoms with van der Waals surface area (Å²) in [6, 6.07) is 0.